The average molecular weight is 558 g/mol. The standard InChI is InChI=1S/C30H25Cl2N5O2/c1-37(18-21-9-11-23(12-10-21)27-4-2-3-13-33-27)17-20-5-7-22(8-6-20)19-39-30-34-16-28(35-36-30)24-14-25(31)29(38)26(32)15-24/h2-16,38H,17-19H2,1H3. The Kier molecular flexibility index (Phi) is 8.32. The van der Waals surface area contributed by atoms with Gasteiger partial charge in [-0.2, -0.15) is 0 Å². The van der Waals surface area contributed by atoms with Gasteiger partial charge >= 0.3 is 6.01 Å². The van der Waals surface area contributed by atoms with Crippen molar-refractivity contribution in [3.05, 3.63) is 118 Å². The zero-order valence-corrected chi connectivity index (χ0v) is 22.6. The molecule has 2 heterocycles. The van der Waals surface area contributed by atoms with Crippen molar-refractivity contribution in [3.8, 4) is 34.3 Å². The Morgan fingerprint density at radius 1 is 0.744 bits per heavy atom. The smallest absolute Gasteiger partial charge is 0.336 e. The van der Waals surface area contributed by atoms with E-state index in [0.717, 1.165) is 29.9 Å². The Morgan fingerprint density at radius 3 is 1.97 bits per heavy atom. The molecule has 5 aromatic rings. The van der Waals surface area contributed by atoms with Gasteiger partial charge in [-0.05, 0) is 48.0 Å². The molecule has 39 heavy (non-hydrogen) atoms. The minimum atomic E-state index is -0.174. The molecule has 0 aliphatic rings. The SMILES string of the molecule is CN(Cc1ccc(COc2ncc(-c3cc(Cl)c(O)c(Cl)c3)nn2)cc1)Cc1ccc(-c2ccccn2)cc1. The highest BCUT2D eigenvalue weighted by atomic mass is 35.5. The number of aromatic hydroxyl groups is 1. The normalized spacial score (nSPS) is 11.1. The number of ether oxygens (including phenoxy) is 1. The van der Waals surface area contributed by atoms with Crippen molar-refractivity contribution in [1.82, 2.24) is 25.1 Å². The third-order valence-corrected chi connectivity index (χ3v) is 6.64. The van der Waals surface area contributed by atoms with Crippen LogP contribution in [0, 0.1) is 0 Å². The summed E-state index contributed by atoms with van der Waals surface area (Å²) in [5, 5.41) is 18.1. The van der Waals surface area contributed by atoms with Crippen LogP contribution in [0.2, 0.25) is 10.0 Å². The summed E-state index contributed by atoms with van der Waals surface area (Å²) in [7, 11) is 2.11. The largest absolute Gasteiger partial charge is 0.505 e. The Balaban J connectivity index is 1.12. The lowest BCUT2D eigenvalue weighted by atomic mass is 10.1. The first-order chi connectivity index (χ1) is 18.9. The molecule has 9 heteroatoms. The van der Waals surface area contributed by atoms with E-state index in [2.05, 4.69) is 68.5 Å². The van der Waals surface area contributed by atoms with Crippen molar-refractivity contribution >= 4 is 23.2 Å². The second-order valence-corrected chi connectivity index (χ2v) is 9.92. The molecule has 0 atom stereocenters. The highest BCUT2D eigenvalue weighted by Gasteiger charge is 2.11. The first-order valence-electron chi connectivity index (χ1n) is 12.2. The van der Waals surface area contributed by atoms with E-state index in [-0.39, 0.29) is 21.8 Å². The van der Waals surface area contributed by atoms with Crippen molar-refractivity contribution in [1.29, 1.82) is 0 Å². The highest BCUT2D eigenvalue weighted by molar-refractivity contribution is 6.37. The van der Waals surface area contributed by atoms with Gasteiger partial charge in [0.25, 0.3) is 0 Å². The molecule has 0 spiro atoms. The van der Waals surface area contributed by atoms with Gasteiger partial charge in [0.15, 0.2) is 5.75 Å². The molecule has 1 N–H and O–H groups in total. The molecule has 0 fully saturated rings. The Bertz CT molecular complexity index is 1510. The predicted octanol–water partition coefficient (Wildman–Crippen LogP) is 6.82. The van der Waals surface area contributed by atoms with Gasteiger partial charge in [0.05, 0.1) is 21.9 Å². The fourth-order valence-electron chi connectivity index (χ4n) is 4.06. The molecular weight excluding hydrogens is 533 g/mol. The van der Waals surface area contributed by atoms with E-state index in [9.17, 15) is 5.11 Å². The van der Waals surface area contributed by atoms with Crippen LogP contribution in [-0.2, 0) is 19.7 Å². The van der Waals surface area contributed by atoms with Gasteiger partial charge in [-0.1, -0.05) is 82.9 Å². The van der Waals surface area contributed by atoms with Crippen LogP contribution in [0.25, 0.3) is 22.5 Å². The van der Waals surface area contributed by atoms with Crippen LogP contribution in [0.15, 0.2) is 91.3 Å². The second-order valence-electron chi connectivity index (χ2n) is 9.10. The van der Waals surface area contributed by atoms with Crippen LogP contribution in [-0.4, -0.2) is 37.2 Å². The molecule has 7 nitrogen and oxygen atoms in total. The third kappa shape index (κ3) is 6.89. The van der Waals surface area contributed by atoms with Gasteiger partial charge in [-0.25, -0.2) is 4.98 Å². The summed E-state index contributed by atoms with van der Waals surface area (Å²) in [5.74, 6) is -0.174. The number of pyridine rings is 1. The summed E-state index contributed by atoms with van der Waals surface area (Å²) < 4.78 is 5.70. The molecule has 0 aliphatic heterocycles. The number of benzene rings is 3. The van der Waals surface area contributed by atoms with Gasteiger partial charge < -0.3 is 9.84 Å². The fourth-order valence-corrected chi connectivity index (χ4v) is 4.55. The number of hydrogen-bond acceptors (Lipinski definition) is 7. The summed E-state index contributed by atoms with van der Waals surface area (Å²) >= 11 is 12.0. The highest BCUT2D eigenvalue weighted by Crippen LogP contribution is 2.35. The van der Waals surface area contributed by atoms with Crippen molar-refractivity contribution < 1.29 is 9.84 Å². The van der Waals surface area contributed by atoms with E-state index < -0.39 is 0 Å². The summed E-state index contributed by atoms with van der Waals surface area (Å²) in [6.07, 6.45) is 3.33. The van der Waals surface area contributed by atoms with Crippen molar-refractivity contribution in [2.24, 2.45) is 0 Å². The van der Waals surface area contributed by atoms with Gasteiger partial charge in [0.1, 0.15) is 12.3 Å². The summed E-state index contributed by atoms with van der Waals surface area (Å²) in [5.41, 5.74) is 6.60. The molecule has 0 amide bonds. The molecule has 196 valence electrons. The summed E-state index contributed by atoms with van der Waals surface area (Å²) in [6.45, 7) is 1.98. The average Bonchev–Trinajstić information content (AvgIpc) is 2.96. The molecule has 0 radical (unpaired) electrons. The van der Waals surface area contributed by atoms with Crippen LogP contribution >= 0.6 is 23.2 Å². The lowest BCUT2D eigenvalue weighted by Gasteiger charge is -2.17. The topological polar surface area (TPSA) is 84.3 Å². The second kappa shape index (κ2) is 12.2. The van der Waals surface area contributed by atoms with Crippen LogP contribution in [0.4, 0.5) is 0 Å². The number of nitrogens with zero attached hydrogens (tertiary/aromatic N) is 5. The zero-order chi connectivity index (χ0) is 27.2. The van der Waals surface area contributed by atoms with Crippen molar-refractivity contribution in [3.63, 3.8) is 0 Å². The zero-order valence-electron chi connectivity index (χ0n) is 21.1. The van der Waals surface area contributed by atoms with Gasteiger partial charge in [-0.3, -0.25) is 9.88 Å². The number of hydrogen-bond donors (Lipinski definition) is 1. The van der Waals surface area contributed by atoms with Crippen molar-refractivity contribution in [2.45, 2.75) is 19.7 Å². The minimum Gasteiger partial charge on any atom is -0.505 e. The van der Waals surface area contributed by atoms with Crippen molar-refractivity contribution in [2.75, 3.05) is 7.05 Å². The van der Waals surface area contributed by atoms with Crippen LogP contribution in [0.3, 0.4) is 0 Å². The first kappa shape index (κ1) is 26.6. The van der Waals surface area contributed by atoms with Gasteiger partial charge in [-0.15, -0.1) is 5.10 Å². The van der Waals surface area contributed by atoms with Crippen LogP contribution in [0.5, 0.6) is 11.8 Å². The van der Waals surface area contributed by atoms with E-state index in [0.29, 0.717) is 17.9 Å². The summed E-state index contributed by atoms with van der Waals surface area (Å²) in [4.78, 5) is 10.9. The minimum absolute atomic E-state index is 0.129. The maximum atomic E-state index is 9.72. The van der Waals surface area contributed by atoms with Gasteiger partial charge in [0.2, 0.25) is 0 Å². The fraction of sp³-hybridized carbons (Fsp3) is 0.133. The lowest BCUT2D eigenvalue weighted by Crippen LogP contribution is -2.17. The molecule has 0 saturated heterocycles. The quantitative estimate of drug-likeness (QED) is 0.212. The van der Waals surface area contributed by atoms with Gasteiger partial charge in [0, 0.05) is 30.4 Å². The Hall–Kier alpha value is -4.04. The number of aromatic nitrogens is 4. The summed E-state index contributed by atoms with van der Waals surface area (Å²) in [6, 6.07) is 26.0. The molecule has 5 rings (SSSR count). The number of phenolic OH excluding ortho intramolecular Hbond substituents is 1. The Labute approximate surface area is 236 Å². The van der Waals surface area contributed by atoms with Crippen LogP contribution < -0.4 is 4.74 Å². The first-order valence-corrected chi connectivity index (χ1v) is 13.0. The maximum Gasteiger partial charge on any atom is 0.336 e. The maximum absolute atomic E-state index is 9.72. The molecule has 0 bridgehead atoms. The van der Waals surface area contributed by atoms with E-state index in [1.54, 1.807) is 12.1 Å². The third-order valence-electron chi connectivity index (χ3n) is 6.06. The van der Waals surface area contributed by atoms with E-state index >= 15 is 0 Å². The molecule has 2 aromatic heterocycles. The monoisotopic (exact) mass is 557 g/mol. The molecule has 0 unspecified atom stereocenters. The molecule has 0 saturated carbocycles. The Morgan fingerprint density at radius 2 is 1.38 bits per heavy atom. The van der Waals surface area contributed by atoms with E-state index in [1.807, 2.05) is 36.5 Å². The predicted molar refractivity (Wildman–Crippen MR) is 153 cm³/mol. The van der Waals surface area contributed by atoms with Crippen LogP contribution in [0.1, 0.15) is 16.7 Å². The van der Waals surface area contributed by atoms with E-state index in [1.165, 1.54) is 17.3 Å². The van der Waals surface area contributed by atoms with E-state index in [4.69, 9.17) is 27.9 Å². The number of rotatable bonds is 9. The molecule has 0 aliphatic carbocycles. The molecule has 3 aromatic carbocycles. The molecular formula is C30H25Cl2N5O2. The number of halogens is 2. The lowest BCUT2D eigenvalue weighted by molar-refractivity contribution is 0.276. The number of phenols is 1.